The van der Waals surface area contributed by atoms with Gasteiger partial charge in [0, 0.05) is 25.7 Å². The Bertz CT molecular complexity index is 1040. The van der Waals surface area contributed by atoms with Crippen LogP contribution in [0.5, 0.6) is 0 Å². The summed E-state index contributed by atoms with van der Waals surface area (Å²) < 4.78 is 61.2. The Hall–Kier alpha value is -3.02. The van der Waals surface area contributed by atoms with Gasteiger partial charge in [0.05, 0.1) is 16.8 Å². The molecule has 0 unspecified atom stereocenters. The van der Waals surface area contributed by atoms with E-state index in [4.69, 9.17) is 4.74 Å². The second-order valence-corrected chi connectivity index (χ2v) is 8.36. The molecular formula is C20H22F4N6O2. The Morgan fingerprint density at radius 1 is 1.19 bits per heavy atom. The van der Waals surface area contributed by atoms with Crippen molar-refractivity contribution in [1.82, 2.24) is 20.3 Å². The van der Waals surface area contributed by atoms with E-state index < -0.39 is 29.6 Å². The third-order valence-electron chi connectivity index (χ3n) is 5.29. The highest BCUT2D eigenvalue weighted by atomic mass is 19.4. The van der Waals surface area contributed by atoms with Crippen molar-refractivity contribution in [3.8, 4) is 11.4 Å². The number of hydrogen-bond donors (Lipinski definition) is 2. The van der Waals surface area contributed by atoms with E-state index in [0.717, 1.165) is 18.5 Å². The molecular weight excluding hydrogens is 432 g/mol. The SMILES string of the molecule is C[C@H]1CN(c2cc(C(F)(F)F)cc(-c3ncnc4c3[C@@H](C(C)(C)F)OC(=O)N4)n2)CCN1. The first kappa shape index (κ1) is 22.2. The number of pyridine rings is 1. The van der Waals surface area contributed by atoms with Crippen LogP contribution in [0, 0.1) is 0 Å². The van der Waals surface area contributed by atoms with Crippen LogP contribution in [-0.2, 0) is 10.9 Å². The Kier molecular flexibility index (Phi) is 5.43. The van der Waals surface area contributed by atoms with E-state index in [1.54, 1.807) is 4.90 Å². The fourth-order valence-corrected chi connectivity index (χ4v) is 3.83. The predicted octanol–water partition coefficient (Wildman–Crippen LogP) is 3.71. The molecule has 8 nitrogen and oxygen atoms in total. The number of halogens is 4. The molecule has 2 aromatic rings. The van der Waals surface area contributed by atoms with E-state index in [-0.39, 0.29) is 34.6 Å². The van der Waals surface area contributed by atoms with Gasteiger partial charge in [-0.25, -0.2) is 24.1 Å². The Balaban J connectivity index is 1.90. The number of carbonyl (C=O) groups excluding carboxylic acids is 1. The first-order valence-electron chi connectivity index (χ1n) is 10.0. The number of fused-ring (bicyclic) bond motifs is 1. The Labute approximate surface area is 181 Å². The zero-order valence-corrected chi connectivity index (χ0v) is 17.6. The van der Waals surface area contributed by atoms with Crippen LogP contribution in [0.25, 0.3) is 11.4 Å². The number of anilines is 2. The van der Waals surface area contributed by atoms with E-state index in [2.05, 4.69) is 25.6 Å². The molecule has 32 heavy (non-hydrogen) atoms. The summed E-state index contributed by atoms with van der Waals surface area (Å²) in [5.41, 5.74) is -3.08. The van der Waals surface area contributed by atoms with Crippen molar-refractivity contribution in [1.29, 1.82) is 0 Å². The van der Waals surface area contributed by atoms with Gasteiger partial charge in [-0.3, -0.25) is 5.32 Å². The van der Waals surface area contributed by atoms with Gasteiger partial charge in [-0.15, -0.1) is 0 Å². The Morgan fingerprint density at radius 3 is 2.59 bits per heavy atom. The molecule has 2 aromatic heterocycles. The van der Waals surface area contributed by atoms with Crippen molar-refractivity contribution in [2.45, 2.75) is 44.8 Å². The number of aromatic nitrogens is 3. The number of carbonyl (C=O) groups is 1. The number of nitrogens with zero attached hydrogens (tertiary/aromatic N) is 4. The van der Waals surface area contributed by atoms with E-state index in [1.807, 2.05) is 6.92 Å². The number of alkyl halides is 4. The molecule has 2 atom stereocenters. The summed E-state index contributed by atoms with van der Waals surface area (Å²) >= 11 is 0. The average Bonchev–Trinajstić information content (AvgIpc) is 2.71. The molecule has 4 heterocycles. The average molecular weight is 454 g/mol. The summed E-state index contributed by atoms with van der Waals surface area (Å²) in [6.07, 6.45) is -5.90. The van der Waals surface area contributed by atoms with E-state index >= 15 is 0 Å². The standard InChI is InChI=1S/C20H22F4N6O2/c1-10-8-30(5-4-25-10)13-7-11(20(22,23)24)6-12(28-13)15-14-16(19(2,3)21)32-18(31)29-17(14)27-9-26-15/h6-7,9-10,16,25H,4-5,8H2,1-3H3,(H,26,27,29,31)/t10-,16-/m0/s1. The van der Waals surface area contributed by atoms with Gasteiger partial charge >= 0.3 is 12.3 Å². The first-order chi connectivity index (χ1) is 14.9. The lowest BCUT2D eigenvalue weighted by atomic mass is 9.93. The van der Waals surface area contributed by atoms with Crippen LogP contribution >= 0.6 is 0 Å². The van der Waals surface area contributed by atoms with Crippen LogP contribution in [0.3, 0.4) is 0 Å². The highest BCUT2D eigenvalue weighted by molar-refractivity contribution is 5.88. The van der Waals surface area contributed by atoms with E-state index in [9.17, 15) is 22.4 Å². The van der Waals surface area contributed by atoms with Gasteiger partial charge in [-0.2, -0.15) is 13.2 Å². The molecule has 172 valence electrons. The molecule has 0 bridgehead atoms. The molecule has 0 saturated carbocycles. The van der Waals surface area contributed by atoms with Gasteiger partial charge in [0.1, 0.15) is 29.3 Å². The smallest absolute Gasteiger partial charge is 0.416 e. The second kappa shape index (κ2) is 7.84. The van der Waals surface area contributed by atoms with Crippen molar-refractivity contribution in [3.05, 3.63) is 29.6 Å². The molecule has 1 fully saturated rings. The van der Waals surface area contributed by atoms with Gasteiger partial charge in [0.15, 0.2) is 6.10 Å². The van der Waals surface area contributed by atoms with Crippen LogP contribution in [0.4, 0.5) is 34.0 Å². The topological polar surface area (TPSA) is 92.3 Å². The number of cyclic esters (lactones) is 1. The summed E-state index contributed by atoms with van der Waals surface area (Å²) in [7, 11) is 0. The monoisotopic (exact) mass is 454 g/mol. The maximum Gasteiger partial charge on any atom is 0.416 e. The summed E-state index contributed by atoms with van der Waals surface area (Å²) in [5, 5.41) is 5.58. The van der Waals surface area contributed by atoms with Crippen LogP contribution in [-0.4, -0.2) is 52.4 Å². The normalized spacial score (nSPS) is 21.6. The molecule has 0 aliphatic carbocycles. The minimum atomic E-state index is -4.64. The van der Waals surface area contributed by atoms with Crippen LogP contribution < -0.4 is 15.5 Å². The molecule has 0 spiro atoms. The number of rotatable bonds is 3. The van der Waals surface area contributed by atoms with Gasteiger partial charge < -0.3 is 15.0 Å². The number of amides is 1. The maximum absolute atomic E-state index is 14.9. The molecule has 12 heteroatoms. The fourth-order valence-electron chi connectivity index (χ4n) is 3.83. The fraction of sp³-hybridized carbons (Fsp3) is 0.500. The maximum atomic E-state index is 14.9. The summed E-state index contributed by atoms with van der Waals surface area (Å²) in [5.74, 6) is 0.103. The number of piperazine rings is 1. The lowest BCUT2D eigenvalue weighted by Gasteiger charge is -2.34. The van der Waals surface area contributed by atoms with Crippen molar-refractivity contribution in [2.75, 3.05) is 29.9 Å². The van der Waals surface area contributed by atoms with Gasteiger partial charge in [0.2, 0.25) is 0 Å². The number of hydrogen-bond acceptors (Lipinski definition) is 7. The van der Waals surface area contributed by atoms with Crippen LogP contribution in [0.15, 0.2) is 18.5 Å². The van der Waals surface area contributed by atoms with Gasteiger partial charge in [-0.05, 0) is 32.9 Å². The zero-order chi connectivity index (χ0) is 23.3. The molecule has 2 aliphatic heterocycles. The highest BCUT2D eigenvalue weighted by Gasteiger charge is 2.42. The molecule has 2 N–H and O–H groups in total. The lowest BCUT2D eigenvalue weighted by Crippen LogP contribution is -2.49. The molecule has 2 aliphatic rings. The summed E-state index contributed by atoms with van der Waals surface area (Å²) in [6.45, 7) is 5.85. The molecule has 0 radical (unpaired) electrons. The van der Waals surface area contributed by atoms with Crippen molar-refractivity contribution in [2.24, 2.45) is 0 Å². The molecule has 1 amide bonds. The molecule has 0 aromatic carbocycles. The lowest BCUT2D eigenvalue weighted by molar-refractivity contribution is -0.137. The van der Waals surface area contributed by atoms with Crippen molar-refractivity contribution >= 4 is 17.7 Å². The third-order valence-corrected chi connectivity index (χ3v) is 5.29. The minimum Gasteiger partial charge on any atom is -0.437 e. The minimum absolute atomic E-state index is 0.0291. The Morgan fingerprint density at radius 2 is 1.94 bits per heavy atom. The van der Waals surface area contributed by atoms with E-state index in [1.165, 1.54) is 13.8 Å². The van der Waals surface area contributed by atoms with Crippen molar-refractivity contribution in [3.63, 3.8) is 0 Å². The molecule has 1 saturated heterocycles. The molecule has 4 rings (SSSR count). The number of nitrogens with one attached hydrogen (secondary N) is 2. The summed E-state index contributed by atoms with van der Waals surface area (Å²) in [4.78, 5) is 26.1. The second-order valence-electron chi connectivity index (χ2n) is 8.36. The van der Waals surface area contributed by atoms with Gasteiger partial charge in [0.25, 0.3) is 0 Å². The van der Waals surface area contributed by atoms with Crippen LogP contribution in [0.1, 0.15) is 38.0 Å². The predicted molar refractivity (Wildman–Crippen MR) is 108 cm³/mol. The largest absolute Gasteiger partial charge is 0.437 e. The third kappa shape index (κ3) is 4.31. The number of ether oxygens (including phenoxy) is 1. The summed E-state index contributed by atoms with van der Waals surface area (Å²) in [6, 6.07) is 1.91. The van der Waals surface area contributed by atoms with Crippen molar-refractivity contribution < 1.29 is 27.1 Å². The first-order valence-corrected chi connectivity index (χ1v) is 10.0. The zero-order valence-electron chi connectivity index (χ0n) is 17.6. The highest BCUT2D eigenvalue weighted by Crippen LogP contribution is 2.43. The quantitative estimate of drug-likeness (QED) is 0.683. The van der Waals surface area contributed by atoms with Gasteiger partial charge in [-0.1, -0.05) is 0 Å². The van der Waals surface area contributed by atoms with E-state index in [0.29, 0.717) is 19.6 Å². The van der Waals surface area contributed by atoms with Crippen LogP contribution in [0.2, 0.25) is 0 Å².